The molecule has 0 heterocycles. The number of carbonyl (C=O) groups excluding carboxylic acids is 1. The topological polar surface area (TPSA) is 81.5 Å². The summed E-state index contributed by atoms with van der Waals surface area (Å²) in [4.78, 5) is 21.5. The summed E-state index contributed by atoms with van der Waals surface area (Å²) in [5.74, 6) is 4.59. The van der Waals surface area contributed by atoms with E-state index in [2.05, 4.69) is 17.2 Å². The molecule has 0 fully saturated rings. The largest absolute Gasteiger partial charge is 0.444 e. The SMILES string of the molecule is CC(C)(C)OC(=O)NCCC#Cc1cc(F)ccc1[N+](=O)[O-]. The van der Waals surface area contributed by atoms with Crippen molar-refractivity contribution in [2.75, 3.05) is 6.54 Å². The van der Waals surface area contributed by atoms with E-state index in [1.165, 1.54) is 0 Å². The van der Waals surface area contributed by atoms with E-state index >= 15 is 0 Å². The number of carbonyl (C=O) groups is 1. The van der Waals surface area contributed by atoms with Gasteiger partial charge in [0.05, 0.1) is 4.92 Å². The molecule has 0 radical (unpaired) electrons. The molecule has 0 unspecified atom stereocenters. The molecule has 0 bridgehead atoms. The molecule has 6 nitrogen and oxygen atoms in total. The summed E-state index contributed by atoms with van der Waals surface area (Å²) in [5, 5.41) is 13.3. The number of hydrogen-bond donors (Lipinski definition) is 1. The van der Waals surface area contributed by atoms with Gasteiger partial charge in [0.25, 0.3) is 5.69 Å². The Morgan fingerprint density at radius 2 is 2.14 bits per heavy atom. The predicted molar refractivity (Wildman–Crippen MR) is 78.8 cm³/mol. The van der Waals surface area contributed by atoms with Crippen molar-refractivity contribution in [1.82, 2.24) is 5.32 Å². The van der Waals surface area contributed by atoms with Gasteiger partial charge in [-0.15, -0.1) is 0 Å². The smallest absolute Gasteiger partial charge is 0.407 e. The van der Waals surface area contributed by atoms with Gasteiger partial charge < -0.3 is 10.1 Å². The zero-order chi connectivity index (χ0) is 16.8. The molecule has 0 aliphatic carbocycles. The van der Waals surface area contributed by atoms with Crippen LogP contribution in [0.25, 0.3) is 0 Å². The van der Waals surface area contributed by atoms with Crippen LogP contribution in [0.4, 0.5) is 14.9 Å². The van der Waals surface area contributed by atoms with E-state index in [9.17, 15) is 19.3 Å². The van der Waals surface area contributed by atoms with E-state index in [4.69, 9.17) is 4.74 Å². The zero-order valence-corrected chi connectivity index (χ0v) is 12.6. The molecule has 0 spiro atoms. The fraction of sp³-hybridized carbons (Fsp3) is 0.400. The highest BCUT2D eigenvalue weighted by Gasteiger charge is 2.15. The molecule has 0 saturated heterocycles. The lowest BCUT2D eigenvalue weighted by molar-refractivity contribution is -0.385. The van der Waals surface area contributed by atoms with Crippen LogP contribution >= 0.6 is 0 Å². The van der Waals surface area contributed by atoms with Gasteiger partial charge in [0, 0.05) is 19.0 Å². The average Bonchev–Trinajstić information content (AvgIpc) is 2.35. The Balaban J connectivity index is 2.57. The maximum absolute atomic E-state index is 13.1. The van der Waals surface area contributed by atoms with Gasteiger partial charge in [-0.05, 0) is 32.9 Å². The number of nitrogens with one attached hydrogen (secondary N) is 1. The highest BCUT2D eigenvalue weighted by molar-refractivity contribution is 5.67. The first-order valence-electron chi connectivity index (χ1n) is 6.59. The van der Waals surface area contributed by atoms with Crippen molar-refractivity contribution in [2.24, 2.45) is 0 Å². The molecule has 0 aliphatic heterocycles. The third-order valence-corrected chi connectivity index (χ3v) is 2.30. The Labute approximate surface area is 127 Å². The standard InChI is InChI=1S/C15H17FN2O4/c1-15(2,3)22-14(19)17-9-5-4-6-11-10-12(16)7-8-13(11)18(20)21/h7-8,10H,5,9H2,1-3H3,(H,17,19). The molecule has 1 N–H and O–H groups in total. The molecule has 1 aromatic carbocycles. The van der Waals surface area contributed by atoms with Crippen LogP contribution in [0.15, 0.2) is 18.2 Å². The lowest BCUT2D eigenvalue weighted by Crippen LogP contribution is -2.32. The number of nitro benzene ring substituents is 1. The van der Waals surface area contributed by atoms with Crippen molar-refractivity contribution in [3.05, 3.63) is 39.7 Å². The van der Waals surface area contributed by atoms with Crippen LogP contribution in [0.5, 0.6) is 0 Å². The Morgan fingerprint density at radius 1 is 1.45 bits per heavy atom. The minimum absolute atomic E-state index is 0.00210. The number of rotatable bonds is 3. The van der Waals surface area contributed by atoms with Crippen LogP contribution < -0.4 is 5.32 Å². The molecule has 22 heavy (non-hydrogen) atoms. The molecule has 0 saturated carbocycles. The second-order valence-electron chi connectivity index (χ2n) is 5.40. The number of nitro groups is 1. The van der Waals surface area contributed by atoms with E-state index in [0.29, 0.717) is 0 Å². The van der Waals surface area contributed by atoms with E-state index in [0.717, 1.165) is 18.2 Å². The first-order chi connectivity index (χ1) is 10.2. The maximum atomic E-state index is 13.1. The number of hydrogen-bond acceptors (Lipinski definition) is 4. The molecule has 0 atom stereocenters. The minimum Gasteiger partial charge on any atom is -0.444 e. The molecule has 0 aromatic heterocycles. The predicted octanol–water partition coefficient (Wildman–Crippen LogP) is 3.00. The van der Waals surface area contributed by atoms with E-state index in [1.807, 2.05) is 0 Å². The Hall–Kier alpha value is -2.62. The first kappa shape index (κ1) is 17.4. The third kappa shape index (κ3) is 6.22. The summed E-state index contributed by atoms with van der Waals surface area (Å²) in [5.41, 5.74) is -0.839. The summed E-state index contributed by atoms with van der Waals surface area (Å²) >= 11 is 0. The van der Waals surface area contributed by atoms with Crippen LogP contribution in [0.1, 0.15) is 32.8 Å². The average molecular weight is 308 g/mol. The van der Waals surface area contributed by atoms with Gasteiger partial charge in [0.2, 0.25) is 0 Å². The van der Waals surface area contributed by atoms with Crippen molar-refractivity contribution in [3.8, 4) is 11.8 Å². The normalized spacial score (nSPS) is 10.4. The summed E-state index contributed by atoms with van der Waals surface area (Å²) in [7, 11) is 0. The summed E-state index contributed by atoms with van der Waals surface area (Å²) in [6.45, 7) is 5.46. The zero-order valence-electron chi connectivity index (χ0n) is 12.6. The highest BCUT2D eigenvalue weighted by atomic mass is 19.1. The second-order valence-corrected chi connectivity index (χ2v) is 5.40. The number of alkyl carbamates (subject to hydrolysis) is 1. The number of benzene rings is 1. The molecular weight excluding hydrogens is 291 g/mol. The van der Waals surface area contributed by atoms with Crippen molar-refractivity contribution < 1.29 is 18.8 Å². The fourth-order valence-corrected chi connectivity index (χ4v) is 1.47. The van der Waals surface area contributed by atoms with E-state index in [1.54, 1.807) is 20.8 Å². The van der Waals surface area contributed by atoms with Crippen LogP contribution in [0, 0.1) is 27.8 Å². The monoisotopic (exact) mass is 308 g/mol. The molecule has 0 aliphatic rings. The molecule has 118 valence electrons. The molecular formula is C15H17FN2O4. The van der Waals surface area contributed by atoms with Crippen molar-refractivity contribution in [2.45, 2.75) is 32.8 Å². The van der Waals surface area contributed by atoms with Crippen molar-refractivity contribution in [3.63, 3.8) is 0 Å². The summed E-state index contributed by atoms with van der Waals surface area (Å²) in [6, 6.07) is 3.08. The van der Waals surface area contributed by atoms with Crippen LogP contribution in [0.2, 0.25) is 0 Å². The Kier molecular flexibility index (Phi) is 5.87. The number of amides is 1. The van der Waals surface area contributed by atoms with Gasteiger partial charge in [-0.2, -0.15) is 0 Å². The van der Waals surface area contributed by atoms with Crippen molar-refractivity contribution in [1.29, 1.82) is 0 Å². The lowest BCUT2D eigenvalue weighted by atomic mass is 10.2. The Bertz CT molecular complexity index is 627. The van der Waals surface area contributed by atoms with Gasteiger partial charge >= 0.3 is 6.09 Å². The lowest BCUT2D eigenvalue weighted by Gasteiger charge is -2.19. The Morgan fingerprint density at radius 3 is 2.73 bits per heavy atom. The van der Waals surface area contributed by atoms with Crippen LogP contribution in [0.3, 0.4) is 0 Å². The van der Waals surface area contributed by atoms with Crippen LogP contribution in [-0.2, 0) is 4.74 Å². The number of halogens is 1. The van der Waals surface area contributed by atoms with Crippen LogP contribution in [-0.4, -0.2) is 23.2 Å². The minimum atomic E-state index is -0.623. The summed E-state index contributed by atoms with van der Waals surface area (Å²) in [6.07, 6.45) is -0.307. The molecule has 1 rings (SSSR count). The van der Waals surface area contributed by atoms with Crippen molar-refractivity contribution >= 4 is 11.8 Å². The first-order valence-corrected chi connectivity index (χ1v) is 6.59. The fourth-order valence-electron chi connectivity index (χ4n) is 1.47. The maximum Gasteiger partial charge on any atom is 0.407 e. The van der Waals surface area contributed by atoms with Gasteiger partial charge in [0.1, 0.15) is 17.0 Å². The van der Waals surface area contributed by atoms with E-state index < -0.39 is 22.4 Å². The highest BCUT2D eigenvalue weighted by Crippen LogP contribution is 2.18. The van der Waals surface area contributed by atoms with E-state index in [-0.39, 0.29) is 24.2 Å². The summed E-state index contributed by atoms with van der Waals surface area (Å²) < 4.78 is 18.1. The second kappa shape index (κ2) is 7.41. The quantitative estimate of drug-likeness (QED) is 0.403. The van der Waals surface area contributed by atoms with Gasteiger partial charge in [-0.3, -0.25) is 10.1 Å². The van der Waals surface area contributed by atoms with Gasteiger partial charge in [-0.1, -0.05) is 11.8 Å². The third-order valence-electron chi connectivity index (χ3n) is 2.30. The molecule has 7 heteroatoms. The number of nitrogens with zero attached hydrogens (tertiary/aromatic N) is 1. The van der Waals surface area contributed by atoms with Gasteiger partial charge in [0.15, 0.2) is 0 Å². The number of ether oxygens (including phenoxy) is 1. The van der Waals surface area contributed by atoms with Gasteiger partial charge in [-0.25, -0.2) is 9.18 Å². The molecule has 1 aromatic rings. The molecule has 1 amide bonds.